The fourth-order valence-corrected chi connectivity index (χ4v) is 3.26. The lowest BCUT2D eigenvalue weighted by Crippen LogP contribution is -2.50. The van der Waals surface area contributed by atoms with Gasteiger partial charge in [0, 0.05) is 6.42 Å². The van der Waals surface area contributed by atoms with Crippen molar-refractivity contribution in [1.82, 2.24) is 4.90 Å². The van der Waals surface area contributed by atoms with Crippen LogP contribution in [0.2, 0.25) is 0 Å². The minimum absolute atomic E-state index is 0.260. The zero-order valence-corrected chi connectivity index (χ0v) is 14.2. The van der Waals surface area contributed by atoms with E-state index >= 15 is 0 Å². The normalized spacial score (nSPS) is 19.6. The molecule has 1 aliphatic rings. The first-order valence-corrected chi connectivity index (χ1v) is 8.80. The average Bonchev–Trinajstić information content (AvgIpc) is 2.72. The third-order valence-electron chi connectivity index (χ3n) is 5.10. The number of rotatable bonds is 8. The third-order valence-corrected chi connectivity index (χ3v) is 5.10. The van der Waals surface area contributed by atoms with E-state index in [0.717, 1.165) is 25.9 Å². The van der Waals surface area contributed by atoms with Crippen LogP contribution in [-0.4, -0.2) is 29.3 Å². The highest BCUT2D eigenvalue weighted by atomic mass is 16.1. The number of hydrogen-bond donors (Lipinski definition) is 0. The lowest BCUT2D eigenvalue weighted by Gasteiger charge is -2.37. The number of carbonyl (C=O) groups excluding carboxylic acids is 1. The molecule has 0 radical (unpaired) electrons. The third kappa shape index (κ3) is 5.20. The van der Waals surface area contributed by atoms with Crippen LogP contribution in [0.1, 0.15) is 85.5 Å². The summed E-state index contributed by atoms with van der Waals surface area (Å²) in [5, 5.41) is 0. The van der Waals surface area contributed by atoms with Crippen molar-refractivity contribution >= 4 is 5.78 Å². The van der Waals surface area contributed by atoms with Crippen molar-refractivity contribution in [3.63, 3.8) is 0 Å². The zero-order chi connectivity index (χ0) is 15.0. The summed E-state index contributed by atoms with van der Waals surface area (Å²) >= 11 is 0. The van der Waals surface area contributed by atoms with Crippen molar-refractivity contribution in [3.8, 4) is 0 Å². The van der Waals surface area contributed by atoms with Crippen LogP contribution in [0.4, 0.5) is 0 Å². The summed E-state index contributed by atoms with van der Waals surface area (Å²) in [5.74, 6) is 1.05. The summed E-state index contributed by atoms with van der Waals surface area (Å²) in [6.45, 7) is 11.0. The molecule has 1 fully saturated rings. The predicted molar refractivity (Wildman–Crippen MR) is 87.1 cm³/mol. The fraction of sp³-hybridized carbons (Fsp3) is 0.944. The van der Waals surface area contributed by atoms with Gasteiger partial charge in [-0.25, -0.2) is 0 Å². The first-order valence-electron chi connectivity index (χ1n) is 8.80. The van der Waals surface area contributed by atoms with Crippen LogP contribution in [0.15, 0.2) is 0 Å². The molecule has 2 heteroatoms. The van der Waals surface area contributed by atoms with Crippen molar-refractivity contribution < 1.29 is 4.79 Å². The van der Waals surface area contributed by atoms with Gasteiger partial charge in [0.1, 0.15) is 0 Å². The maximum atomic E-state index is 12.8. The Hall–Kier alpha value is -0.370. The van der Waals surface area contributed by atoms with Crippen molar-refractivity contribution in [2.24, 2.45) is 5.92 Å². The first kappa shape index (κ1) is 17.7. The molecule has 0 N–H and O–H groups in total. The van der Waals surface area contributed by atoms with Crippen LogP contribution >= 0.6 is 0 Å². The van der Waals surface area contributed by atoms with E-state index in [1.54, 1.807) is 0 Å². The second kappa shape index (κ2) is 8.81. The van der Waals surface area contributed by atoms with Gasteiger partial charge in [0.15, 0.2) is 5.78 Å². The topological polar surface area (TPSA) is 20.3 Å². The van der Waals surface area contributed by atoms with E-state index in [4.69, 9.17) is 0 Å². The second-order valence-electron chi connectivity index (χ2n) is 7.00. The Kier molecular flexibility index (Phi) is 7.79. The van der Waals surface area contributed by atoms with Crippen molar-refractivity contribution in [1.29, 1.82) is 0 Å². The molecular formula is C18H35NO. The van der Waals surface area contributed by atoms with Crippen LogP contribution in [0, 0.1) is 5.92 Å². The van der Waals surface area contributed by atoms with Crippen molar-refractivity contribution in [2.45, 2.75) is 91.0 Å². The number of carbonyl (C=O) groups is 1. The Morgan fingerprint density at radius 2 is 1.70 bits per heavy atom. The maximum absolute atomic E-state index is 12.8. The average molecular weight is 281 g/mol. The van der Waals surface area contributed by atoms with E-state index in [2.05, 4.69) is 32.6 Å². The molecule has 20 heavy (non-hydrogen) atoms. The Balaban J connectivity index is 2.57. The smallest absolute Gasteiger partial charge is 0.152 e. The van der Waals surface area contributed by atoms with Gasteiger partial charge in [-0.1, -0.05) is 52.4 Å². The second-order valence-corrected chi connectivity index (χ2v) is 7.00. The van der Waals surface area contributed by atoms with Gasteiger partial charge >= 0.3 is 0 Å². The summed E-state index contributed by atoms with van der Waals surface area (Å²) < 4.78 is 0. The predicted octanol–water partition coefficient (Wildman–Crippen LogP) is 4.82. The fourth-order valence-electron chi connectivity index (χ4n) is 3.26. The molecule has 1 unspecified atom stereocenters. The molecule has 0 saturated carbocycles. The molecule has 1 rings (SSSR count). The molecule has 0 bridgehead atoms. The zero-order valence-electron chi connectivity index (χ0n) is 14.2. The van der Waals surface area contributed by atoms with Gasteiger partial charge in [-0.2, -0.15) is 0 Å². The summed E-state index contributed by atoms with van der Waals surface area (Å²) in [6, 6.07) is 0. The molecule has 0 amide bonds. The van der Waals surface area contributed by atoms with E-state index in [-0.39, 0.29) is 5.54 Å². The minimum atomic E-state index is -0.260. The van der Waals surface area contributed by atoms with Gasteiger partial charge in [-0.05, 0) is 45.7 Å². The van der Waals surface area contributed by atoms with E-state index in [9.17, 15) is 4.79 Å². The summed E-state index contributed by atoms with van der Waals surface area (Å²) in [6.07, 6.45) is 10.8. The lowest BCUT2D eigenvalue weighted by atomic mass is 9.86. The van der Waals surface area contributed by atoms with Gasteiger partial charge in [0.25, 0.3) is 0 Å². The minimum Gasteiger partial charge on any atom is -0.298 e. The number of unbranched alkanes of at least 4 members (excludes halogenated alkanes) is 1. The summed E-state index contributed by atoms with van der Waals surface area (Å²) in [4.78, 5) is 15.2. The number of hydrogen-bond acceptors (Lipinski definition) is 2. The Morgan fingerprint density at radius 3 is 2.20 bits per heavy atom. The summed E-state index contributed by atoms with van der Waals surface area (Å²) in [5.41, 5.74) is -0.260. The van der Waals surface area contributed by atoms with Crippen LogP contribution in [-0.2, 0) is 4.79 Å². The van der Waals surface area contributed by atoms with Crippen molar-refractivity contribution in [3.05, 3.63) is 0 Å². The largest absolute Gasteiger partial charge is 0.298 e. The van der Waals surface area contributed by atoms with Crippen LogP contribution < -0.4 is 0 Å². The molecule has 0 aromatic heterocycles. The van der Waals surface area contributed by atoms with Gasteiger partial charge in [0.05, 0.1) is 5.54 Å². The number of likely N-dealkylation sites (tertiary alicyclic amines) is 1. The Labute approximate surface area is 126 Å². The Bertz CT molecular complexity index is 277. The molecule has 1 atom stereocenters. The highest BCUT2D eigenvalue weighted by Crippen LogP contribution is 2.26. The SMILES string of the molecule is CCCCC(CC)CC(=O)C(C)(C)N1CCCCCC1. The first-order chi connectivity index (χ1) is 9.52. The highest BCUT2D eigenvalue weighted by Gasteiger charge is 2.34. The van der Waals surface area contributed by atoms with E-state index in [0.29, 0.717) is 11.7 Å². The summed E-state index contributed by atoms with van der Waals surface area (Å²) in [7, 11) is 0. The van der Waals surface area contributed by atoms with Crippen LogP contribution in [0.25, 0.3) is 0 Å². The molecule has 0 spiro atoms. The molecule has 0 aliphatic carbocycles. The number of ketones is 1. The standard InChI is InChI=1S/C18H35NO/c1-5-7-12-16(6-2)15-17(20)18(3,4)19-13-10-8-9-11-14-19/h16H,5-15H2,1-4H3. The maximum Gasteiger partial charge on any atom is 0.152 e. The molecule has 2 nitrogen and oxygen atoms in total. The molecule has 1 saturated heterocycles. The van der Waals surface area contributed by atoms with Gasteiger partial charge in [-0.3, -0.25) is 9.69 Å². The molecule has 118 valence electrons. The van der Waals surface area contributed by atoms with Gasteiger partial charge in [-0.15, -0.1) is 0 Å². The Morgan fingerprint density at radius 1 is 1.10 bits per heavy atom. The monoisotopic (exact) mass is 281 g/mol. The van der Waals surface area contributed by atoms with E-state index in [1.165, 1.54) is 44.9 Å². The van der Waals surface area contributed by atoms with E-state index in [1.807, 2.05) is 0 Å². The van der Waals surface area contributed by atoms with Crippen LogP contribution in [0.3, 0.4) is 0 Å². The van der Waals surface area contributed by atoms with Crippen molar-refractivity contribution in [2.75, 3.05) is 13.1 Å². The molecule has 1 heterocycles. The van der Waals surface area contributed by atoms with Gasteiger partial charge < -0.3 is 0 Å². The molecule has 0 aromatic rings. The van der Waals surface area contributed by atoms with Gasteiger partial charge in [0.2, 0.25) is 0 Å². The quantitative estimate of drug-likeness (QED) is 0.636. The van der Waals surface area contributed by atoms with Crippen LogP contribution in [0.5, 0.6) is 0 Å². The molecule has 1 aliphatic heterocycles. The highest BCUT2D eigenvalue weighted by molar-refractivity contribution is 5.87. The van der Waals surface area contributed by atoms with E-state index < -0.39 is 0 Å². The molecular weight excluding hydrogens is 246 g/mol. The number of Topliss-reactive ketones (excluding diaryl/α,β-unsaturated/α-hetero) is 1. The molecule has 0 aromatic carbocycles. The number of nitrogens with zero attached hydrogens (tertiary/aromatic N) is 1. The lowest BCUT2D eigenvalue weighted by molar-refractivity contribution is -0.130.